The minimum absolute atomic E-state index is 0. The predicted octanol–water partition coefficient (Wildman–Crippen LogP) is 14.2. The van der Waals surface area contributed by atoms with Crippen molar-refractivity contribution in [1.82, 2.24) is 29.5 Å². The van der Waals surface area contributed by atoms with Crippen LogP contribution in [-0.4, -0.2) is 51.9 Å². The predicted molar refractivity (Wildman–Crippen MR) is 277 cm³/mol. The number of hydrogen-bond donors (Lipinski definition) is 2. The molecular weight excluding hydrogens is 1210 g/mol. The first-order chi connectivity index (χ1) is 32.1. The molecule has 0 amide bonds. The SMILES string of the molecule is CC(O)CC(C)O.Cc1ccccc1-c1nnc(-c2[c-]cccc2)n1-c1c(C(C)C)cccc1C(C)C.Cc1ccccc1-c1nnc(-c2ccccc2)n1-c1c(C(C)C)cccc1C(C)C.[Ir].[Ir]. The molecule has 0 saturated heterocycles. The van der Waals surface area contributed by atoms with Crippen LogP contribution in [-0.2, 0) is 40.2 Å². The van der Waals surface area contributed by atoms with Gasteiger partial charge in [0.1, 0.15) is 0 Å². The molecule has 6 aromatic carbocycles. The molecular formula is C59H69Ir2N6O2-. The number of aryl methyl sites for hydroxylation is 2. The minimum Gasteiger partial charge on any atom is -0.393 e. The molecule has 0 spiro atoms. The van der Waals surface area contributed by atoms with Gasteiger partial charge in [0, 0.05) is 62.6 Å². The number of hydrogen-bond acceptors (Lipinski definition) is 6. The van der Waals surface area contributed by atoms with E-state index in [1.54, 1.807) is 13.8 Å². The second-order valence-corrected chi connectivity index (χ2v) is 18.8. The fourth-order valence-corrected chi connectivity index (χ4v) is 8.50. The molecule has 2 unspecified atom stereocenters. The van der Waals surface area contributed by atoms with Crippen molar-refractivity contribution in [2.75, 3.05) is 0 Å². The van der Waals surface area contributed by atoms with Gasteiger partial charge in [0.2, 0.25) is 0 Å². The summed E-state index contributed by atoms with van der Waals surface area (Å²) in [6, 6.07) is 51.8. The largest absolute Gasteiger partial charge is 0.393 e. The standard InChI is InChI=1S/C27H29N3.C27H28N3.C5H12O2.2Ir/c2*1-18(2)22-16-11-17-23(19(3)4)25(22)30-26(21-13-7-6-8-14-21)28-29-27(30)24-15-10-9-12-20(24)5;1-4(6)3-5(2)7;;/h6-19H,1-5H3;6-13,15-19H,1-5H3;4-7H,3H2,1-2H3;;/q;-1;;;. The zero-order valence-electron chi connectivity index (χ0n) is 42.2. The quantitative estimate of drug-likeness (QED) is 0.118. The van der Waals surface area contributed by atoms with Crippen molar-refractivity contribution in [3.8, 4) is 56.9 Å². The van der Waals surface area contributed by atoms with Crippen molar-refractivity contribution < 1.29 is 50.4 Å². The molecule has 0 bridgehead atoms. The third-order valence-electron chi connectivity index (χ3n) is 11.9. The smallest absolute Gasteiger partial charge is 0.169 e. The van der Waals surface area contributed by atoms with Crippen LogP contribution in [0.4, 0.5) is 0 Å². The van der Waals surface area contributed by atoms with Crippen LogP contribution in [0.5, 0.6) is 0 Å². The maximum atomic E-state index is 8.56. The van der Waals surface area contributed by atoms with Gasteiger partial charge < -0.3 is 14.8 Å². The fraction of sp³-hybridized carbons (Fsp3) is 0.322. The van der Waals surface area contributed by atoms with E-state index in [0.29, 0.717) is 30.1 Å². The Labute approximate surface area is 438 Å². The van der Waals surface area contributed by atoms with E-state index in [1.807, 2.05) is 24.3 Å². The molecule has 0 aliphatic heterocycles. The summed E-state index contributed by atoms with van der Waals surface area (Å²) in [5.74, 6) is 4.98. The van der Waals surface area contributed by atoms with E-state index in [1.165, 1.54) is 44.8 Å². The van der Waals surface area contributed by atoms with Gasteiger partial charge in [0.05, 0.1) is 23.7 Å². The Morgan fingerprint density at radius 3 is 1.14 bits per heavy atom. The summed E-state index contributed by atoms with van der Waals surface area (Å²) >= 11 is 0. The van der Waals surface area contributed by atoms with E-state index in [2.05, 4.69) is 205 Å². The zero-order valence-corrected chi connectivity index (χ0v) is 47.0. The zero-order chi connectivity index (χ0) is 48.4. The average Bonchev–Trinajstić information content (AvgIpc) is 3.95. The number of aliphatic hydroxyl groups excluding tert-OH is 2. The summed E-state index contributed by atoms with van der Waals surface area (Å²) < 4.78 is 4.53. The molecule has 0 aliphatic carbocycles. The molecule has 8 nitrogen and oxygen atoms in total. The minimum atomic E-state index is -0.375. The van der Waals surface area contributed by atoms with Crippen molar-refractivity contribution in [2.45, 2.75) is 125 Å². The molecule has 0 saturated carbocycles. The summed E-state index contributed by atoms with van der Waals surface area (Å²) in [5, 5.41) is 35.9. The van der Waals surface area contributed by atoms with Gasteiger partial charge in [-0.1, -0.05) is 171 Å². The van der Waals surface area contributed by atoms with Crippen molar-refractivity contribution in [2.24, 2.45) is 0 Å². The second-order valence-electron chi connectivity index (χ2n) is 18.8. The molecule has 8 rings (SSSR count). The first-order valence-corrected chi connectivity index (χ1v) is 23.8. The number of aliphatic hydroxyl groups is 2. The topological polar surface area (TPSA) is 102 Å². The first kappa shape index (κ1) is 56.4. The van der Waals surface area contributed by atoms with Gasteiger partial charge in [-0.25, -0.2) is 0 Å². The van der Waals surface area contributed by atoms with Crippen LogP contribution in [0.1, 0.15) is 133 Å². The van der Waals surface area contributed by atoms with Crippen molar-refractivity contribution >= 4 is 0 Å². The van der Waals surface area contributed by atoms with E-state index < -0.39 is 0 Å². The van der Waals surface area contributed by atoms with E-state index >= 15 is 0 Å². The van der Waals surface area contributed by atoms with Gasteiger partial charge in [-0.2, -0.15) is 5.10 Å². The summed E-state index contributed by atoms with van der Waals surface area (Å²) in [6.45, 7) is 25.6. The Hall–Kier alpha value is -5.18. The molecule has 8 aromatic rings. The summed E-state index contributed by atoms with van der Waals surface area (Å²) in [7, 11) is 0. The molecule has 10 heteroatoms. The average molecular weight is 1280 g/mol. The van der Waals surface area contributed by atoms with Gasteiger partial charge in [-0.15, -0.1) is 51.2 Å². The Kier molecular flexibility index (Phi) is 21.4. The molecule has 0 fully saturated rings. The number of benzene rings is 6. The first-order valence-electron chi connectivity index (χ1n) is 23.8. The fourth-order valence-electron chi connectivity index (χ4n) is 8.50. The van der Waals surface area contributed by atoms with E-state index in [-0.39, 0.29) is 52.4 Å². The Bertz CT molecular complexity index is 2590. The molecule has 2 N–H and O–H groups in total. The van der Waals surface area contributed by atoms with Crippen molar-refractivity contribution in [1.29, 1.82) is 0 Å². The summed E-state index contributed by atoms with van der Waals surface area (Å²) in [4.78, 5) is 0. The molecule has 2 atom stereocenters. The van der Waals surface area contributed by atoms with E-state index in [0.717, 1.165) is 45.6 Å². The van der Waals surface area contributed by atoms with Crippen LogP contribution in [0.25, 0.3) is 56.9 Å². The van der Waals surface area contributed by atoms with Crippen LogP contribution in [0.15, 0.2) is 140 Å². The third kappa shape index (κ3) is 13.6. The van der Waals surface area contributed by atoms with E-state index in [9.17, 15) is 0 Å². The van der Waals surface area contributed by atoms with Gasteiger partial charge >= 0.3 is 0 Å². The second kappa shape index (κ2) is 26.1. The molecule has 366 valence electrons. The Morgan fingerprint density at radius 1 is 0.420 bits per heavy atom. The van der Waals surface area contributed by atoms with Crippen LogP contribution >= 0.6 is 0 Å². The number of nitrogens with zero attached hydrogens (tertiary/aromatic N) is 6. The van der Waals surface area contributed by atoms with Crippen LogP contribution < -0.4 is 0 Å². The molecule has 2 radical (unpaired) electrons. The summed E-state index contributed by atoms with van der Waals surface area (Å²) in [6.07, 6.45) is -0.278. The maximum absolute atomic E-state index is 8.56. The molecule has 0 aliphatic rings. The van der Waals surface area contributed by atoms with E-state index in [4.69, 9.17) is 25.5 Å². The number of aromatic nitrogens is 6. The van der Waals surface area contributed by atoms with Crippen LogP contribution in [0.2, 0.25) is 0 Å². The number of rotatable bonds is 12. The Morgan fingerprint density at radius 2 is 0.783 bits per heavy atom. The van der Waals surface area contributed by atoms with Crippen LogP contribution in [0.3, 0.4) is 0 Å². The van der Waals surface area contributed by atoms with Gasteiger partial charge in [-0.05, 0) is 91.2 Å². The van der Waals surface area contributed by atoms with Gasteiger partial charge in [-0.3, -0.25) is 4.57 Å². The van der Waals surface area contributed by atoms with Crippen molar-refractivity contribution in [3.05, 3.63) is 179 Å². The normalized spacial score (nSPS) is 11.9. The number of para-hydroxylation sites is 2. The Balaban J connectivity index is 0.000000258. The molecule has 69 heavy (non-hydrogen) atoms. The van der Waals surface area contributed by atoms with Crippen LogP contribution in [0, 0.1) is 19.9 Å². The van der Waals surface area contributed by atoms with Gasteiger partial charge in [0.15, 0.2) is 17.5 Å². The monoisotopic (exact) mass is 1280 g/mol. The maximum Gasteiger partial charge on any atom is 0.169 e. The molecule has 2 aromatic heterocycles. The third-order valence-corrected chi connectivity index (χ3v) is 11.9. The van der Waals surface area contributed by atoms with Crippen molar-refractivity contribution in [3.63, 3.8) is 0 Å². The van der Waals surface area contributed by atoms with Gasteiger partial charge in [0.25, 0.3) is 0 Å². The molecule has 2 heterocycles. The summed E-state index contributed by atoms with van der Waals surface area (Å²) in [5.41, 5.74) is 14.2.